The van der Waals surface area contributed by atoms with Gasteiger partial charge in [-0.15, -0.1) is 11.3 Å². The maximum absolute atomic E-state index is 12.4. The Kier molecular flexibility index (Phi) is 4.18. The van der Waals surface area contributed by atoms with Crippen LogP contribution in [-0.2, 0) is 6.42 Å². The van der Waals surface area contributed by atoms with Crippen LogP contribution in [-0.4, -0.2) is 23.4 Å². The number of carbonyl (C=O) groups is 2. The summed E-state index contributed by atoms with van der Waals surface area (Å²) in [5.41, 5.74) is 1.47. The predicted molar refractivity (Wildman–Crippen MR) is 87.5 cm³/mol. The molecule has 1 atom stereocenters. The lowest BCUT2D eigenvalue weighted by Crippen LogP contribution is -2.46. The van der Waals surface area contributed by atoms with Crippen LogP contribution in [0.2, 0.25) is 5.02 Å². The van der Waals surface area contributed by atoms with Gasteiger partial charge in [0.05, 0.1) is 16.6 Å². The van der Waals surface area contributed by atoms with E-state index in [0.29, 0.717) is 17.1 Å². The second kappa shape index (κ2) is 6.10. The van der Waals surface area contributed by atoms with Gasteiger partial charge in [0, 0.05) is 11.4 Å². The average molecular weight is 335 g/mol. The predicted octanol–water partition coefficient (Wildman–Crippen LogP) is 3.87. The highest BCUT2D eigenvalue weighted by Gasteiger charge is 2.29. The van der Waals surface area contributed by atoms with Gasteiger partial charge >= 0.3 is 6.03 Å². The van der Waals surface area contributed by atoms with Gasteiger partial charge < -0.3 is 4.90 Å². The average Bonchev–Trinajstić information content (AvgIpc) is 2.97. The summed E-state index contributed by atoms with van der Waals surface area (Å²) in [6.07, 6.45) is 0.824. The van der Waals surface area contributed by atoms with Crippen molar-refractivity contribution < 1.29 is 9.59 Å². The van der Waals surface area contributed by atoms with Gasteiger partial charge in [-0.3, -0.25) is 10.1 Å². The van der Waals surface area contributed by atoms with E-state index in [-0.39, 0.29) is 12.1 Å². The first-order valence-electron chi connectivity index (χ1n) is 7.00. The lowest BCUT2D eigenvalue weighted by Gasteiger charge is -2.33. The molecule has 0 spiro atoms. The molecule has 1 unspecified atom stereocenters. The molecule has 2 heterocycles. The van der Waals surface area contributed by atoms with Gasteiger partial charge in [0.1, 0.15) is 0 Å². The minimum absolute atomic E-state index is 0.0333. The van der Waals surface area contributed by atoms with E-state index in [9.17, 15) is 9.59 Å². The van der Waals surface area contributed by atoms with Crippen molar-refractivity contribution in [3.05, 3.63) is 56.7 Å². The second-order valence-corrected chi connectivity index (χ2v) is 6.57. The van der Waals surface area contributed by atoms with Gasteiger partial charge in [0.2, 0.25) is 0 Å². The van der Waals surface area contributed by atoms with Crippen LogP contribution in [0.15, 0.2) is 35.7 Å². The Hall–Kier alpha value is -1.85. The molecule has 0 saturated heterocycles. The number of hydrogen-bond acceptors (Lipinski definition) is 3. The van der Waals surface area contributed by atoms with Crippen molar-refractivity contribution in [3.63, 3.8) is 0 Å². The molecule has 2 aromatic rings. The summed E-state index contributed by atoms with van der Waals surface area (Å²) in [6, 6.07) is 8.31. The Morgan fingerprint density at radius 1 is 1.32 bits per heavy atom. The van der Waals surface area contributed by atoms with E-state index in [1.165, 1.54) is 4.88 Å². The van der Waals surface area contributed by atoms with Gasteiger partial charge in [-0.25, -0.2) is 4.79 Å². The fourth-order valence-electron chi connectivity index (χ4n) is 2.67. The van der Waals surface area contributed by atoms with Crippen LogP contribution in [0, 0.1) is 0 Å². The third kappa shape index (κ3) is 2.74. The Morgan fingerprint density at radius 3 is 2.86 bits per heavy atom. The van der Waals surface area contributed by atoms with E-state index in [2.05, 4.69) is 5.32 Å². The SMILES string of the molecule is CC1c2ccsc2CCN1C(=O)NC(=O)c1ccccc1Cl. The first-order chi connectivity index (χ1) is 10.6. The lowest BCUT2D eigenvalue weighted by atomic mass is 10.0. The molecular weight excluding hydrogens is 320 g/mol. The highest BCUT2D eigenvalue weighted by Crippen LogP contribution is 2.32. The molecule has 3 amide bonds. The molecule has 0 radical (unpaired) electrons. The Balaban J connectivity index is 1.73. The van der Waals surface area contributed by atoms with Crippen LogP contribution >= 0.6 is 22.9 Å². The number of thiophene rings is 1. The van der Waals surface area contributed by atoms with E-state index in [0.717, 1.165) is 12.0 Å². The molecule has 1 aliphatic rings. The van der Waals surface area contributed by atoms with Crippen LogP contribution < -0.4 is 5.32 Å². The normalized spacial score (nSPS) is 17.0. The topological polar surface area (TPSA) is 49.4 Å². The van der Waals surface area contributed by atoms with Crippen molar-refractivity contribution in [2.75, 3.05) is 6.54 Å². The van der Waals surface area contributed by atoms with Crippen molar-refractivity contribution in [2.45, 2.75) is 19.4 Å². The maximum atomic E-state index is 12.4. The van der Waals surface area contributed by atoms with Crippen molar-refractivity contribution in [3.8, 4) is 0 Å². The number of hydrogen-bond donors (Lipinski definition) is 1. The zero-order valence-electron chi connectivity index (χ0n) is 12.0. The van der Waals surface area contributed by atoms with Crippen LogP contribution in [0.1, 0.15) is 33.8 Å². The highest BCUT2D eigenvalue weighted by atomic mass is 35.5. The first kappa shape index (κ1) is 15.1. The summed E-state index contributed by atoms with van der Waals surface area (Å²) in [5.74, 6) is -0.473. The molecular formula is C16H15ClN2O2S. The largest absolute Gasteiger partial charge is 0.324 e. The summed E-state index contributed by atoms with van der Waals surface area (Å²) < 4.78 is 0. The minimum Gasteiger partial charge on any atom is -0.317 e. The van der Waals surface area contributed by atoms with Crippen molar-refractivity contribution in [2.24, 2.45) is 0 Å². The summed E-state index contributed by atoms with van der Waals surface area (Å²) in [4.78, 5) is 27.6. The van der Waals surface area contributed by atoms with Crippen molar-refractivity contribution >= 4 is 34.9 Å². The quantitative estimate of drug-likeness (QED) is 0.860. The molecule has 0 saturated carbocycles. The number of nitrogens with one attached hydrogen (secondary N) is 1. The van der Waals surface area contributed by atoms with Gasteiger partial charge in [0.25, 0.3) is 5.91 Å². The third-order valence-corrected chi connectivity index (χ3v) is 5.20. The zero-order valence-corrected chi connectivity index (χ0v) is 13.6. The molecule has 114 valence electrons. The van der Waals surface area contributed by atoms with E-state index in [1.54, 1.807) is 40.5 Å². The number of benzene rings is 1. The van der Waals surface area contributed by atoms with E-state index in [4.69, 9.17) is 11.6 Å². The van der Waals surface area contributed by atoms with Crippen LogP contribution in [0.25, 0.3) is 0 Å². The minimum atomic E-state index is -0.473. The van der Waals surface area contributed by atoms with E-state index in [1.807, 2.05) is 18.4 Å². The molecule has 1 aromatic carbocycles. The first-order valence-corrected chi connectivity index (χ1v) is 8.26. The van der Waals surface area contributed by atoms with Gasteiger partial charge in [-0.2, -0.15) is 0 Å². The maximum Gasteiger partial charge on any atom is 0.324 e. The Labute approximate surface area is 137 Å². The summed E-state index contributed by atoms with van der Waals surface area (Å²) in [6.45, 7) is 2.58. The molecule has 22 heavy (non-hydrogen) atoms. The lowest BCUT2D eigenvalue weighted by molar-refractivity contribution is 0.0944. The number of urea groups is 1. The third-order valence-electron chi connectivity index (χ3n) is 3.88. The summed E-state index contributed by atoms with van der Waals surface area (Å²) >= 11 is 7.70. The second-order valence-electron chi connectivity index (χ2n) is 5.16. The van der Waals surface area contributed by atoms with Crippen LogP contribution in [0.5, 0.6) is 0 Å². The molecule has 6 heteroatoms. The number of imide groups is 1. The van der Waals surface area contributed by atoms with Crippen molar-refractivity contribution in [1.29, 1.82) is 0 Å². The number of rotatable bonds is 1. The Bertz CT molecular complexity index is 728. The summed E-state index contributed by atoms with van der Waals surface area (Å²) in [5, 5.41) is 4.80. The smallest absolute Gasteiger partial charge is 0.317 e. The van der Waals surface area contributed by atoms with Gasteiger partial charge in [-0.1, -0.05) is 23.7 Å². The molecule has 3 rings (SSSR count). The molecule has 4 nitrogen and oxygen atoms in total. The van der Waals surface area contributed by atoms with Crippen LogP contribution in [0.3, 0.4) is 0 Å². The fourth-order valence-corrected chi connectivity index (χ4v) is 3.85. The monoisotopic (exact) mass is 334 g/mol. The molecule has 0 fully saturated rings. The van der Waals surface area contributed by atoms with Gasteiger partial charge in [0.15, 0.2) is 0 Å². The molecule has 1 aromatic heterocycles. The fraction of sp³-hybridized carbons (Fsp3) is 0.250. The van der Waals surface area contributed by atoms with Crippen molar-refractivity contribution in [1.82, 2.24) is 10.2 Å². The van der Waals surface area contributed by atoms with Gasteiger partial charge in [-0.05, 0) is 42.5 Å². The van der Waals surface area contributed by atoms with Crippen LogP contribution in [0.4, 0.5) is 4.79 Å². The zero-order chi connectivity index (χ0) is 15.7. The van der Waals surface area contributed by atoms with E-state index >= 15 is 0 Å². The highest BCUT2D eigenvalue weighted by molar-refractivity contribution is 7.10. The number of fused-ring (bicyclic) bond motifs is 1. The van der Waals surface area contributed by atoms with E-state index < -0.39 is 5.91 Å². The number of carbonyl (C=O) groups excluding carboxylic acids is 2. The Morgan fingerprint density at radius 2 is 2.09 bits per heavy atom. The summed E-state index contributed by atoms with van der Waals surface area (Å²) in [7, 11) is 0. The molecule has 1 N–H and O–H groups in total. The number of nitrogens with zero attached hydrogens (tertiary/aromatic N) is 1. The molecule has 0 aliphatic carbocycles. The number of halogens is 1. The molecule has 1 aliphatic heterocycles. The molecule has 0 bridgehead atoms. The number of amides is 3. The standard InChI is InChI=1S/C16H15ClN2O2S/c1-10-11-7-9-22-14(11)6-8-19(10)16(21)18-15(20)12-4-2-3-5-13(12)17/h2-5,7,9-10H,6,8H2,1H3,(H,18,20,21).